The second kappa shape index (κ2) is 7.90. The number of amides is 1. The molecular formula is C24H18N4O3S. The van der Waals surface area contributed by atoms with Crippen molar-refractivity contribution in [2.75, 3.05) is 0 Å². The van der Waals surface area contributed by atoms with Crippen LogP contribution in [0, 0.1) is 0 Å². The van der Waals surface area contributed by atoms with E-state index >= 15 is 0 Å². The first kappa shape index (κ1) is 19.9. The van der Waals surface area contributed by atoms with Gasteiger partial charge < -0.3 is 10.3 Å². The van der Waals surface area contributed by atoms with E-state index in [-0.39, 0.29) is 22.2 Å². The highest BCUT2D eigenvalue weighted by molar-refractivity contribution is 7.91. The summed E-state index contributed by atoms with van der Waals surface area (Å²) in [5, 5.41) is 4.46. The predicted molar refractivity (Wildman–Crippen MR) is 121 cm³/mol. The number of benzene rings is 2. The quantitative estimate of drug-likeness (QED) is 0.430. The summed E-state index contributed by atoms with van der Waals surface area (Å²) in [7, 11) is -3.70. The summed E-state index contributed by atoms with van der Waals surface area (Å²) >= 11 is 0. The summed E-state index contributed by atoms with van der Waals surface area (Å²) in [6.45, 7) is 0.268. The van der Waals surface area contributed by atoms with Crippen molar-refractivity contribution in [2.24, 2.45) is 0 Å². The van der Waals surface area contributed by atoms with Crippen LogP contribution >= 0.6 is 0 Å². The van der Waals surface area contributed by atoms with E-state index < -0.39 is 9.84 Å². The number of H-pyrrole nitrogens is 1. The van der Waals surface area contributed by atoms with Crippen LogP contribution in [0.5, 0.6) is 0 Å². The largest absolute Gasteiger partial charge is 0.350 e. The second-order valence-electron chi connectivity index (χ2n) is 7.34. The van der Waals surface area contributed by atoms with Gasteiger partial charge in [0.25, 0.3) is 5.91 Å². The van der Waals surface area contributed by atoms with Crippen molar-refractivity contribution in [1.29, 1.82) is 0 Å². The maximum absolute atomic E-state index is 13.0. The number of nitrogens with one attached hydrogen (secondary N) is 2. The lowest BCUT2D eigenvalue weighted by atomic mass is 10.2. The molecule has 0 bridgehead atoms. The normalized spacial score (nSPS) is 11.6. The molecule has 158 valence electrons. The van der Waals surface area contributed by atoms with Gasteiger partial charge in [0, 0.05) is 41.4 Å². The van der Waals surface area contributed by atoms with E-state index in [1.165, 1.54) is 6.20 Å². The standard InChI is InChI=1S/C24H18N4O3S/c29-24(23-12-18-14-25-10-9-22(18)28-23)27-13-16-5-7-19(8-6-16)32(30,31)20-11-17-3-1-2-4-21(17)26-15-20/h1-12,14-15,28H,13H2,(H,27,29). The highest BCUT2D eigenvalue weighted by Gasteiger charge is 2.18. The average Bonchev–Trinajstić information content (AvgIpc) is 3.27. The smallest absolute Gasteiger partial charge is 0.267 e. The van der Waals surface area contributed by atoms with Gasteiger partial charge in [-0.25, -0.2) is 8.42 Å². The lowest BCUT2D eigenvalue weighted by molar-refractivity contribution is 0.0946. The summed E-state index contributed by atoms with van der Waals surface area (Å²) in [6, 6.07) is 19.0. The van der Waals surface area contributed by atoms with Crippen molar-refractivity contribution in [3.63, 3.8) is 0 Å². The van der Waals surface area contributed by atoms with Gasteiger partial charge in [0.05, 0.1) is 15.3 Å². The Morgan fingerprint density at radius 2 is 1.72 bits per heavy atom. The van der Waals surface area contributed by atoms with Crippen molar-refractivity contribution < 1.29 is 13.2 Å². The van der Waals surface area contributed by atoms with Gasteiger partial charge >= 0.3 is 0 Å². The van der Waals surface area contributed by atoms with Gasteiger partial charge in [-0.1, -0.05) is 30.3 Å². The van der Waals surface area contributed by atoms with E-state index in [0.717, 1.165) is 27.4 Å². The van der Waals surface area contributed by atoms with E-state index in [0.29, 0.717) is 5.69 Å². The van der Waals surface area contributed by atoms with Crippen LogP contribution in [-0.2, 0) is 16.4 Å². The lowest BCUT2D eigenvalue weighted by Gasteiger charge is -2.08. The monoisotopic (exact) mass is 442 g/mol. The first-order valence-electron chi connectivity index (χ1n) is 9.90. The molecule has 32 heavy (non-hydrogen) atoms. The highest BCUT2D eigenvalue weighted by atomic mass is 32.2. The fourth-order valence-corrected chi connectivity index (χ4v) is 4.73. The van der Waals surface area contributed by atoms with Crippen molar-refractivity contribution in [3.8, 4) is 0 Å². The van der Waals surface area contributed by atoms with E-state index in [2.05, 4.69) is 20.3 Å². The van der Waals surface area contributed by atoms with Gasteiger partial charge in [-0.05, 0) is 42.0 Å². The summed E-state index contributed by atoms with van der Waals surface area (Å²) in [5.41, 5.74) is 2.80. The van der Waals surface area contributed by atoms with Crippen LogP contribution in [0.15, 0.2) is 95.1 Å². The van der Waals surface area contributed by atoms with Crippen LogP contribution in [0.25, 0.3) is 21.8 Å². The zero-order valence-electron chi connectivity index (χ0n) is 16.8. The Morgan fingerprint density at radius 1 is 0.906 bits per heavy atom. The number of rotatable bonds is 5. The van der Waals surface area contributed by atoms with Crippen LogP contribution in [0.1, 0.15) is 16.1 Å². The number of para-hydroxylation sites is 1. The van der Waals surface area contributed by atoms with Crippen molar-refractivity contribution in [1.82, 2.24) is 20.3 Å². The van der Waals surface area contributed by atoms with E-state index in [4.69, 9.17) is 0 Å². The minimum atomic E-state index is -3.70. The molecule has 7 nitrogen and oxygen atoms in total. The number of nitrogens with zero attached hydrogens (tertiary/aromatic N) is 2. The topological polar surface area (TPSA) is 105 Å². The molecule has 1 amide bonds. The molecule has 2 N–H and O–H groups in total. The van der Waals surface area contributed by atoms with Crippen molar-refractivity contribution in [3.05, 3.63) is 96.6 Å². The van der Waals surface area contributed by atoms with Crippen molar-refractivity contribution in [2.45, 2.75) is 16.3 Å². The molecule has 0 fully saturated rings. The summed E-state index contributed by atoms with van der Waals surface area (Å²) in [5.74, 6) is -0.250. The molecule has 0 saturated heterocycles. The molecular weight excluding hydrogens is 424 g/mol. The summed E-state index contributed by atoms with van der Waals surface area (Å²) in [6.07, 6.45) is 4.72. The Morgan fingerprint density at radius 3 is 2.53 bits per heavy atom. The first-order valence-corrected chi connectivity index (χ1v) is 11.4. The maximum Gasteiger partial charge on any atom is 0.267 e. The van der Waals surface area contributed by atoms with Crippen LogP contribution in [0.3, 0.4) is 0 Å². The average molecular weight is 443 g/mol. The molecule has 3 heterocycles. The minimum absolute atomic E-state index is 0.144. The van der Waals surface area contributed by atoms with Gasteiger partial charge in [-0.15, -0.1) is 0 Å². The van der Waals surface area contributed by atoms with E-state index in [1.54, 1.807) is 54.9 Å². The number of hydrogen-bond donors (Lipinski definition) is 2. The number of carbonyl (C=O) groups excluding carboxylic acids is 1. The fourth-order valence-electron chi connectivity index (χ4n) is 3.49. The van der Waals surface area contributed by atoms with Gasteiger partial charge in [0.2, 0.25) is 9.84 Å². The SMILES string of the molecule is O=C(NCc1ccc(S(=O)(=O)c2cnc3ccccc3c2)cc1)c1cc2cnccc2[nH]1. The van der Waals surface area contributed by atoms with Crippen LogP contribution < -0.4 is 5.32 Å². The fraction of sp³-hybridized carbons (Fsp3) is 0.0417. The second-order valence-corrected chi connectivity index (χ2v) is 9.29. The Hall–Kier alpha value is -4.04. The van der Waals surface area contributed by atoms with Crippen LogP contribution in [0.4, 0.5) is 0 Å². The molecule has 0 unspecified atom stereocenters. The Balaban J connectivity index is 1.31. The van der Waals surface area contributed by atoms with Gasteiger partial charge in [0.15, 0.2) is 0 Å². The van der Waals surface area contributed by atoms with Gasteiger partial charge in [-0.3, -0.25) is 14.8 Å². The Labute approximate surface area is 184 Å². The lowest BCUT2D eigenvalue weighted by Crippen LogP contribution is -2.23. The zero-order valence-corrected chi connectivity index (χ0v) is 17.6. The third-order valence-corrected chi connectivity index (χ3v) is 6.96. The summed E-state index contributed by atoms with van der Waals surface area (Å²) < 4.78 is 26.0. The molecule has 2 aromatic carbocycles. The molecule has 0 saturated carbocycles. The Kier molecular flexibility index (Phi) is 4.91. The molecule has 0 spiro atoms. The number of carbonyl (C=O) groups is 1. The van der Waals surface area contributed by atoms with Crippen LogP contribution in [0.2, 0.25) is 0 Å². The number of hydrogen-bond acceptors (Lipinski definition) is 5. The molecule has 5 aromatic rings. The summed E-state index contributed by atoms with van der Waals surface area (Å²) in [4.78, 5) is 24.1. The highest BCUT2D eigenvalue weighted by Crippen LogP contribution is 2.23. The molecule has 0 aliphatic rings. The molecule has 0 atom stereocenters. The number of aromatic amines is 1. The molecule has 3 aromatic heterocycles. The number of pyridine rings is 2. The molecule has 0 radical (unpaired) electrons. The van der Waals surface area contributed by atoms with Crippen molar-refractivity contribution >= 4 is 37.6 Å². The minimum Gasteiger partial charge on any atom is -0.350 e. The molecule has 8 heteroatoms. The number of fused-ring (bicyclic) bond motifs is 2. The zero-order chi connectivity index (χ0) is 22.1. The molecule has 0 aliphatic heterocycles. The first-order chi connectivity index (χ1) is 15.5. The number of sulfone groups is 1. The predicted octanol–water partition coefficient (Wildman–Crippen LogP) is 3.87. The third-order valence-electron chi connectivity index (χ3n) is 5.23. The molecule has 0 aliphatic carbocycles. The maximum atomic E-state index is 13.0. The van der Waals surface area contributed by atoms with Crippen LogP contribution in [-0.4, -0.2) is 29.3 Å². The van der Waals surface area contributed by atoms with E-state index in [1.807, 2.05) is 24.3 Å². The third kappa shape index (κ3) is 3.72. The number of aromatic nitrogens is 3. The Bertz CT molecular complexity index is 1520. The van der Waals surface area contributed by atoms with Gasteiger partial charge in [0.1, 0.15) is 5.69 Å². The van der Waals surface area contributed by atoms with E-state index in [9.17, 15) is 13.2 Å². The molecule has 5 rings (SSSR count). The van der Waals surface area contributed by atoms with Gasteiger partial charge in [-0.2, -0.15) is 0 Å².